The molecule has 2 N–H and O–H groups in total. The van der Waals surface area contributed by atoms with Crippen molar-refractivity contribution in [1.82, 2.24) is 15.0 Å². The van der Waals surface area contributed by atoms with Crippen LogP contribution in [0, 0.1) is 0 Å². The quantitative estimate of drug-likeness (QED) is 0.602. The van der Waals surface area contributed by atoms with E-state index in [1.54, 1.807) is 13.3 Å². The molecular weight excluding hydrogens is 132 g/mol. The van der Waals surface area contributed by atoms with Crippen LogP contribution in [0.25, 0.3) is 0 Å². The monoisotopic (exact) mass is 142 g/mol. The summed E-state index contributed by atoms with van der Waals surface area (Å²) in [6, 6.07) is 0. The van der Waals surface area contributed by atoms with Crippen LogP contribution in [-0.2, 0) is 6.54 Å². The fourth-order valence-electron chi connectivity index (χ4n) is 0.598. The molecule has 0 aliphatic carbocycles. The standard InChI is InChI=1S/C5H10N4O/c1-10-5-4-7-9(8-5)3-2-6/h4H,2-3,6H2,1H3. The lowest BCUT2D eigenvalue weighted by atomic mass is 10.7. The van der Waals surface area contributed by atoms with E-state index >= 15 is 0 Å². The Morgan fingerprint density at radius 3 is 3.10 bits per heavy atom. The Bertz CT molecular complexity index is 197. The second-order valence-corrected chi connectivity index (χ2v) is 1.77. The van der Waals surface area contributed by atoms with E-state index in [2.05, 4.69) is 10.2 Å². The molecule has 0 amide bonds. The fourth-order valence-corrected chi connectivity index (χ4v) is 0.598. The normalized spacial score (nSPS) is 9.80. The highest BCUT2D eigenvalue weighted by Crippen LogP contribution is 1.98. The van der Waals surface area contributed by atoms with E-state index in [9.17, 15) is 0 Å². The van der Waals surface area contributed by atoms with E-state index in [4.69, 9.17) is 10.5 Å². The highest BCUT2D eigenvalue weighted by Gasteiger charge is 1.95. The average molecular weight is 142 g/mol. The van der Waals surface area contributed by atoms with Crippen molar-refractivity contribution in [3.05, 3.63) is 6.20 Å². The number of nitrogens with two attached hydrogens (primary N) is 1. The van der Waals surface area contributed by atoms with Gasteiger partial charge in [-0.3, -0.25) is 0 Å². The number of ether oxygens (including phenoxy) is 1. The molecule has 10 heavy (non-hydrogen) atoms. The average Bonchev–Trinajstić information content (AvgIpc) is 2.37. The van der Waals surface area contributed by atoms with Gasteiger partial charge in [-0.25, -0.2) is 0 Å². The molecule has 0 bridgehead atoms. The topological polar surface area (TPSA) is 66.0 Å². The maximum atomic E-state index is 5.27. The third kappa shape index (κ3) is 1.44. The Morgan fingerprint density at radius 1 is 1.80 bits per heavy atom. The minimum atomic E-state index is 0.522. The SMILES string of the molecule is COc1cnn(CCN)n1. The molecule has 1 rings (SSSR count). The van der Waals surface area contributed by atoms with Gasteiger partial charge in [-0.05, 0) is 0 Å². The molecule has 0 unspecified atom stereocenters. The van der Waals surface area contributed by atoms with Crippen LogP contribution in [0.2, 0.25) is 0 Å². The Hall–Kier alpha value is -1.10. The summed E-state index contributed by atoms with van der Waals surface area (Å²) in [5.74, 6) is 0.522. The molecule has 0 saturated carbocycles. The van der Waals surface area contributed by atoms with Gasteiger partial charge < -0.3 is 10.5 Å². The third-order valence-electron chi connectivity index (χ3n) is 1.05. The van der Waals surface area contributed by atoms with E-state index in [-0.39, 0.29) is 0 Å². The van der Waals surface area contributed by atoms with Crippen LogP contribution in [0.3, 0.4) is 0 Å². The summed E-state index contributed by atoms with van der Waals surface area (Å²) in [5.41, 5.74) is 5.27. The lowest BCUT2D eigenvalue weighted by Crippen LogP contribution is -2.12. The molecule has 1 heterocycles. The van der Waals surface area contributed by atoms with Gasteiger partial charge in [0.25, 0.3) is 5.88 Å². The van der Waals surface area contributed by atoms with Crippen LogP contribution in [-0.4, -0.2) is 28.6 Å². The smallest absolute Gasteiger partial charge is 0.253 e. The van der Waals surface area contributed by atoms with Crippen molar-refractivity contribution in [2.24, 2.45) is 5.73 Å². The summed E-state index contributed by atoms with van der Waals surface area (Å²) in [6.45, 7) is 1.17. The first kappa shape index (κ1) is 7.01. The Morgan fingerprint density at radius 2 is 2.60 bits per heavy atom. The van der Waals surface area contributed by atoms with Gasteiger partial charge in [0.05, 0.1) is 13.7 Å². The van der Waals surface area contributed by atoms with E-state index in [1.165, 1.54) is 4.80 Å². The minimum absolute atomic E-state index is 0.522. The zero-order valence-corrected chi connectivity index (χ0v) is 5.82. The van der Waals surface area contributed by atoms with Crippen molar-refractivity contribution >= 4 is 0 Å². The molecular formula is C5H10N4O. The van der Waals surface area contributed by atoms with Crippen molar-refractivity contribution in [2.75, 3.05) is 13.7 Å². The Kier molecular flexibility index (Phi) is 2.22. The van der Waals surface area contributed by atoms with Crippen LogP contribution in [0.4, 0.5) is 0 Å². The van der Waals surface area contributed by atoms with Gasteiger partial charge in [0, 0.05) is 6.54 Å². The number of nitrogens with zero attached hydrogens (tertiary/aromatic N) is 3. The van der Waals surface area contributed by atoms with Crippen molar-refractivity contribution in [3.8, 4) is 5.88 Å². The van der Waals surface area contributed by atoms with Gasteiger partial charge in [0.15, 0.2) is 0 Å². The lowest BCUT2D eigenvalue weighted by Gasteiger charge is -1.92. The molecule has 1 aromatic rings. The first-order chi connectivity index (χ1) is 4.86. The maximum Gasteiger partial charge on any atom is 0.253 e. The molecule has 0 atom stereocenters. The predicted octanol–water partition coefficient (Wildman–Crippen LogP) is -0.755. The van der Waals surface area contributed by atoms with E-state index in [0.29, 0.717) is 19.0 Å². The van der Waals surface area contributed by atoms with Crippen LogP contribution in [0.5, 0.6) is 5.88 Å². The largest absolute Gasteiger partial charge is 0.479 e. The molecule has 0 aliphatic rings. The van der Waals surface area contributed by atoms with Crippen molar-refractivity contribution in [3.63, 3.8) is 0 Å². The van der Waals surface area contributed by atoms with E-state index < -0.39 is 0 Å². The highest BCUT2D eigenvalue weighted by molar-refractivity contribution is 4.97. The van der Waals surface area contributed by atoms with Gasteiger partial charge >= 0.3 is 0 Å². The van der Waals surface area contributed by atoms with Crippen LogP contribution in [0.1, 0.15) is 0 Å². The lowest BCUT2D eigenvalue weighted by molar-refractivity contribution is 0.387. The van der Waals surface area contributed by atoms with Crippen LogP contribution >= 0.6 is 0 Å². The summed E-state index contributed by atoms with van der Waals surface area (Å²) in [5, 5.41) is 7.80. The molecule has 0 aromatic carbocycles. The molecule has 56 valence electrons. The molecule has 0 aliphatic heterocycles. The molecule has 0 saturated heterocycles. The second kappa shape index (κ2) is 3.17. The number of hydrogen-bond donors (Lipinski definition) is 1. The summed E-state index contributed by atoms with van der Waals surface area (Å²) in [6.07, 6.45) is 1.55. The van der Waals surface area contributed by atoms with Crippen molar-refractivity contribution in [2.45, 2.75) is 6.54 Å². The summed E-state index contributed by atoms with van der Waals surface area (Å²) >= 11 is 0. The Labute approximate surface area is 58.8 Å². The molecule has 5 heteroatoms. The zero-order valence-electron chi connectivity index (χ0n) is 5.82. The van der Waals surface area contributed by atoms with Crippen LogP contribution < -0.4 is 10.5 Å². The molecule has 1 aromatic heterocycles. The molecule has 0 radical (unpaired) electrons. The van der Waals surface area contributed by atoms with Gasteiger partial charge in [-0.1, -0.05) is 0 Å². The first-order valence-corrected chi connectivity index (χ1v) is 3.01. The second-order valence-electron chi connectivity index (χ2n) is 1.77. The highest BCUT2D eigenvalue weighted by atomic mass is 16.5. The third-order valence-corrected chi connectivity index (χ3v) is 1.05. The Balaban J connectivity index is 2.59. The van der Waals surface area contributed by atoms with E-state index in [1.807, 2.05) is 0 Å². The zero-order chi connectivity index (χ0) is 7.40. The maximum absolute atomic E-state index is 5.27. The minimum Gasteiger partial charge on any atom is -0.479 e. The van der Waals surface area contributed by atoms with Crippen molar-refractivity contribution < 1.29 is 4.74 Å². The number of rotatable bonds is 3. The number of hydrogen-bond acceptors (Lipinski definition) is 4. The van der Waals surface area contributed by atoms with Gasteiger partial charge in [-0.2, -0.15) is 9.90 Å². The number of methoxy groups -OCH3 is 1. The molecule has 0 spiro atoms. The van der Waals surface area contributed by atoms with Gasteiger partial charge in [0.1, 0.15) is 6.20 Å². The summed E-state index contributed by atoms with van der Waals surface area (Å²) in [4.78, 5) is 1.50. The van der Waals surface area contributed by atoms with Crippen LogP contribution in [0.15, 0.2) is 6.20 Å². The van der Waals surface area contributed by atoms with E-state index in [0.717, 1.165) is 0 Å². The first-order valence-electron chi connectivity index (χ1n) is 3.01. The predicted molar refractivity (Wildman–Crippen MR) is 35.6 cm³/mol. The van der Waals surface area contributed by atoms with Gasteiger partial charge in [0.2, 0.25) is 0 Å². The van der Waals surface area contributed by atoms with Gasteiger partial charge in [-0.15, -0.1) is 5.10 Å². The summed E-state index contributed by atoms with van der Waals surface area (Å²) < 4.78 is 4.81. The van der Waals surface area contributed by atoms with Crippen molar-refractivity contribution in [1.29, 1.82) is 0 Å². The molecule has 0 fully saturated rings. The fraction of sp³-hybridized carbons (Fsp3) is 0.600. The molecule has 5 nitrogen and oxygen atoms in total. The number of aromatic nitrogens is 3. The summed E-state index contributed by atoms with van der Waals surface area (Å²) in [7, 11) is 1.55.